The van der Waals surface area contributed by atoms with Crippen molar-refractivity contribution in [1.82, 2.24) is 19.0 Å². The normalized spacial score (nSPS) is 18.1. The summed E-state index contributed by atoms with van der Waals surface area (Å²) < 4.78 is 9.50. The third-order valence-electron chi connectivity index (χ3n) is 5.53. The van der Waals surface area contributed by atoms with Crippen molar-refractivity contribution in [2.24, 2.45) is 7.05 Å². The van der Waals surface area contributed by atoms with Crippen LogP contribution in [0, 0.1) is 6.92 Å². The van der Waals surface area contributed by atoms with E-state index in [-0.39, 0.29) is 18.2 Å². The van der Waals surface area contributed by atoms with Crippen LogP contribution in [0.25, 0.3) is 22.4 Å². The molecule has 1 aromatic carbocycles. The lowest BCUT2D eigenvalue weighted by Gasteiger charge is -2.33. The Kier molecular flexibility index (Phi) is 5.05. The van der Waals surface area contributed by atoms with E-state index in [0.717, 1.165) is 47.7 Å². The van der Waals surface area contributed by atoms with E-state index >= 15 is 0 Å². The number of imidazole rings is 1. The van der Waals surface area contributed by atoms with Gasteiger partial charge in [-0.3, -0.25) is 9.69 Å². The van der Waals surface area contributed by atoms with Gasteiger partial charge in [0, 0.05) is 37.5 Å². The average molecular weight is 382 g/mol. The quantitative estimate of drug-likeness (QED) is 0.741. The number of likely N-dealkylation sites (N-methyl/N-ethyl adjacent to an activating group) is 1. The van der Waals surface area contributed by atoms with Gasteiger partial charge in [0.2, 0.25) is 0 Å². The number of aliphatic hydroxyl groups is 1. The molecule has 7 nitrogen and oxygen atoms in total. The van der Waals surface area contributed by atoms with Crippen LogP contribution in [0.5, 0.6) is 0 Å². The first kappa shape index (κ1) is 18.9. The summed E-state index contributed by atoms with van der Waals surface area (Å²) in [6.45, 7) is 4.88. The van der Waals surface area contributed by atoms with Gasteiger partial charge >= 0.3 is 0 Å². The number of nitrogens with zero attached hydrogens (tertiary/aromatic N) is 4. The van der Waals surface area contributed by atoms with Crippen LogP contribution in [-0.4, -0.2) is 57.0 Å². The Morgan fingerprint density at radius 3 is 2.82 bits per heavy atom. The second kappa shape index (κ2) is 7.50. The first-order valence-electron chi connectivity index (χ1n) is 9.53. The number of benzene rings is 1. The third-order valence-corrected chi connectivity index (χ3v) is 5.53. The molecule has 1 saturated heterocycles. The number of hydrogen-bond acceptors (Lipinski definition) is 5. The molecule has 1 aliphatic rings. The zero-order valence-electron chi connectivity index (χ0n) is 16.6. The highest BCUT2D eigenvalue weighted by molar-refractivity contribution is 5.81. The molecule has 7 heteroatoms. The SMILES string of the molecule is Cc1cc(-c2nc3cc(CO)ccc3n2CC2COCCN2C)cn(C)c1=O. The van der Waals surface area contributed by atoms with Crippen molar-refractivity contribution in [1.29, 1.82) is 0 Å². The smallest absolute Gasteiger partial charge is 0.253 e. The summed E-state index contributed by atoms with van der Waals surface area (Å²) in [5.74, 6) is 0.822. The molecule has 3 aromatic rings. The first-order chi connectivity index (χ1) is 13.5. The van der Waals surface area contributed by atoms with Crippen molar-refractivity contribution in [2.45, 2.75) is 26.1 Å². The van der Waals surface area contributed by atoms with Crippen molar-refractivity contribution in [3.63, 3.8) is 0 Å². The van der Waals surface area contributed by atoms with Gasteiger partial charge in [-0.15, -0.1) is 0 Å². The van der Waals surface area contributed by atoms with Crippen LogP contribution in [-0.2, 0) is 24.9 Å². The standard InChI is InChI=1S/C21H26N4O3/c1-14-8-16(10-24(3)21(14)27)20-22-18-9-15(12-26)4-5-19(18)25(20)11-17-13-28-7-6-23(17)2/h4-5,8-10,17,26H,6-7,11-13H2,1-3H3. The van der Waals surface area contributed by atoms with Gasteiger partial charge in [0.15, 0.2) is 0 Å². The van der Waals surface area contributed by atoms with E-state index in [1.165, 1.54) is 0 Å². The number of pyridine rings is 1. The molecule has 4 rings (SSSR count). The fourth-order valence-corrected chi connectivity index (χ4v) is 3.82. The number of aromatic nitrogens is 3. The Morgan fingerprint density at radius 2 is 2.11 bits per heavy atom. The molecular weight excluding hydrogens is 356 g/mol. The van der Waals surface area contributed by atoms with Crippen LogP contribution in [0.2, 0.25) is 0 Å². The average Bonchev–Trinajstić information content (AvgIpc) is 3.05. The lowest BCUT2D eigenvalue weighted by molar-refractivity contribution is 0.000343. The van der Waals surface area contributed by atoms with E-state index < -0.39 is 0 Å². The van der Waals surface area contributed by atoms with Gasteiger partial charge < -0.3 is 19.0 Å². The summed E-state index contributed by atoms with van der Waals surface area (Å²) in [4.78, 5) is 19.3. The van der Waals surface area contributed by atoms with Crippen LogP contribution in [0.15, 0.2) is 35.3 Å². The number of fused-ring (bicyclic) bond motifs is 1. The molecule has 0 radical (unpaired) electrons. The maximum atomic E-state index is 12.1. The second-order valence-electron chi connectivity index (χ2n) is 7.56. The lowest BCUT2D eigenvalue weighted by atomic mass is 10.2. The summed E-state index contributed by atoms with van der Waals surface area (Å²) in [7, 11) is 3.88. The molecular formula is C21H26N4O3. The van der Waals surface area contributed by atoms with Crippen LogP contribution in [0.3, 0.4) is 0 Å². The van der Waals surface area contributed by atoms with E-state index in [0.29, 0.717) is 12.2 Å². The molecule has 0 bridgehead atoms. The zero-order chi connectivity index (χ0) is 19.8. The van der Waals surface area contributed by atoms with Gasteiger partial charge in [0.05, 0.1) is 36.9 Å². The molecule has 148 valence electrons. The minimum Gasteiger partial charge on any atom is -0.392 e. The highest BCUT2D eigenvalue weighted by Gasteiger charge is 2.23. The van der Waals surface area contributed by atoms with Crippen molar-refractivity contribution in [3.8, 4) is 11.4 Å². The van der Waals surface area contributed by atoms with E-state index in [4.69, 9.17) is 9.72 Å². The van der Waals surface area contributed by atoms with Crippen molar-refractivity contribution >= 4 is 11.0 Å². The molecule has 3 heterocycles. The number of rotatable bonds is 4. The summed E-state index contributed by atoms with van der Waals surface area (Å²) in [6.07, 6.45) is 1.83. The van der Waals surface area contributed by atoms with Crippen molar-refractivity contribution < 1.29 is 9.84 Å². The predicted molar refractivity (Wildman–Crippen MR) is 108 cm³/mol. The van der Waals surface area contributed by atoms with Gasteiger partial charge in [-0.1, -0.05) is 6.07 Å². The summed E-state index contributed by atoms with van der Waals surface area (Å²) in [5.41, 5.74) is 4.27. The Hall–Kier alpha value is -2.48. The monoisotopic (exact) mass is 382 g/mol. The van der Waals surface area contributed by atoms with Crippen LogP contribution < -0.4 is 5.56 Å². The molecule has 2 aromatic heterocycles. The number of aliphatic hydroxyl groups excluding tert-OH is 1. The van der Waals surface area contributed by atoms with Crippen LogP contribution in [0.1, 0.15) is 11.1 Å². The second-order valence-corrected chi connectivity index (χ2v) is 7.56. The van der Waals surface area contributed by atoms with Gasteiger partial charge in [0.25, 0.3) is 5.56 Å². The maximum Gasteiger partial charge on any atom is 0.253 e. The highest BCUT2D eigenvalue weighted by Crippen LogP contribution is 2.27. The molecule has 1 atom stereocenters. The number of ether oxygens (including phenoxy) is 1. The van der Waals surface area contributed by atoms with Gasteiger partial charge in [-0.2, -0.15) is 0 Å². The summed E-state index contributed by atoms with van der Waals surface area (Å²) >= 11 is 0. The predicted octanol–water partition coefficient (Wildman–Crippen LogP) is 1.53. The topological polar surface area (TPSA) is 72.5 Å². The lowest BCUT2D eigenvalue weighted by Crippen LogP contribution is -2.45. The van der Waals surface area contributed by atoms with Crippen molar-refractivity contribution in [3.05, 3.63) is 51.9 Å². The molecule has 0 spiro atoms. The Labute approximate surface area is 163 Å². The highest BCUT2D eigenvalue weighted by atomic mass is 16.5. The molecule has 1 fully saturated rings. The van der Waals surface area contributed by atoms with Crippen molar-refractivity contribution in [2.75, 3.05) is 26.8 Å². The van der Waals surface area contributed by atoms with E-state index in [1.54, 1.807) is 11.6 Å². The van der Waals surface area contributed by atoms with Gasteiger partial charge in [-0.05, 0) is 37.7 Å². The summed E-state index contributed by atoms with van der Waals surface area (Å²) in [6, 6.07) is 8.00. The number of hydrogen-bond donors (Lipinski definition) is 1. The fraction of sp³-hybridized carbons (Fsp3) is 0.429. The van der Waals surface area contributed by atoms with Gasteiger partial charge in [0.1, 0.15) is 5.82 Å². The molecule has 0 saturated carbocycles. The maximum absolute atomic E-state index is 12.1. The third kappa shape index (κ3) is 3.37. The Morgan fingerprint density at radius 1 is 1.29 bits per heavy atom. The van der Waals surface area contributed by atoms with E-state index in [2.05, 4.69) is 16.5 Å². The van der Waals surface area contributed by atoms with E-state index in [9.17, 15) is 9.90 Å². The largest absolute Gasteiger partial charge is 0.392 e. The molecule has 1 aliphatic heterocycles. The Balaban J connectivity index is 1.87. The summed E-state index contributed by atoms with van der Waals surface area (Å²) in [5, 5.41) is 9.49. The van der Waals surface area contributed by atoms with Gasteiger partial charge in [-0.25, -0.2) is 4.98 Å². The minimum atomic E-state index is -0.0176. The Bertz CT molecular complexity index is 1040. The van der Waals surface area contributed by atoms with Crippen LogP contribution in [0.4, 0.5) is 0 Å². The number of aryl methyl sites for hydroxylation is 2. The zero-order valence-corrected chi connectivity index (χ0v) is 16.6. The molecule has 28 heavy (non-hydrogen) atoms. The molecule has 1 unspecified atom stereocenters. The fourth-order valence-electron chi connectivity index (χ4n) is 3.82. The first-order valence-corrected chi connectivity index (χ1v) is 9.53. The molecule has 1 N–H and O–H groups in total. The molecule has 0 amide bonds. The van der Waals surface area contributed by atoms with Crippen LogP contribution >= 0.6 is 0 Å². The van der Waals surface area contributed by atoms with E-state index in [1.807, 2.05) is 37.4 Å². The molecule has 0 aliphatic carbocycles. The number of morpholine rings is 1. The minimum absolute atomic E-state index is 0.00519.